The second kappa shape index (κ2) is 8.93. The molecule has 4 nitrogen and oxygen atoms in total. The van der Waals surface area contributed by atoms with E-state index in [2.05, 4.69) is 10.3 Å². The number of hydrogen-bond acceptors (Lipinski definition) is 3. The molecule has 1 aromatic heterocycles. The Hall–Kier alpha value is -1.13. The normalized spacial score (nSPS) is 17.6. The molecule has 1 aliphatic heterocycles. The van der Waals surface area contributed by atoms with Crippen LogP contribution >= 0.6 is 12.4 Å². The van der Waals surface area contributed by atoms with Crippen LogP contribution in [-0.2, 0) is 11.3 Å². The lowest BCUT2D eigenvalue weighted by Gasteiger charge is -2.21. The highest BCUT2D eigenvalue weighted by Gasteiger charge is 2.17. The number of halogens is 1. The summed E-state index contributed by atoms with van der Waals surface area (Å²) in [6.45, 7) is 4.59. The summed E-state index contributed by atoms with van der Waals surface area (Å²) < 4.78 is 0. The Morgan fingerprint density at radius 2 is 2.20 bits per heavy atom. The summed E-state index contributed by atoms with van der Waals surface area (Å²) in [5, 5.41) is 3.44. The highest BCUT2D eigenvalue weighted by atomic mass is 35.5. The molecule has 1 aromatic rings. The van der Waals surface area contributed by atoms with Crippen molar-refractivity contribution in [2.75, 3.05) is 13.1 Å². The van der Waals surface area contributed by atoms with Gasteiger partial charge >= 0.3 is 0 Å². The van der Waals surface area contributed by atoms with Gasteiger partial charge in [0.1, 0.15) is 0 Å². The topological polar surface area (TPSA) is 45.2 Å². The molecule has 2 heterocycles. The van der Waals surface area contributed by atoms with E-state index in [9.17, 15) is 4.79 Å². The van der Waals surface area contributed by atoms with Crippen molar-refractivity contribution in [1.82, 2.24) is 15.2 Å². The summed E-state index contributed by atoms with van der Waals surface area (Å²) in [7, 11) is 0. The van der Waals surface area contributed by atoms with Gasteiger partial charge in [-0.25, -0.2) is 0 Å². The molecule has 0 saturated carbocycles. The van der Waals surface area contributed by atoms with Gasteiger partial charge in [0.2, 0.25) is 5.91 Å². The lowest BCUT2D eigenvalue weighted by atomic mass is 10.1. The number of pyridine rings is 1. The van der Waals surface area contributed by atoms with E-state index in [0.717, 1.165) is 25.1 Å². The SMILES string of the molecule is CCN(Cc1ccncc1)C(=O)CCC1CCCN1.Cl. The summed E-state index contributed by atoms with van der Waals surface area (Å²) in [4.78, 5) is 18.1. The van der Waals surface area contributed by atoms with Crippen molar-refractivity contribution in [3.63, 3.8) is 0 Å². The molecule has 1 N–H and O–H groups in total. The minimum Gasteiger partial charge on any atom is -0.339 e. The Morgan fingerprint density at radius 1 is 1.45 bits per heavy atom. The number of hydrogen-bond donors (Lipinski definition) is 1. The van der Waals surface area contributed by atoms with E-state index in [-0.39, 0.29) is 18.3 Å². The Labute approximate surface area is 127 Å². The van der Waals surface area contributed by atoms with Crippen molar-refractivity contribution in [1.29, 1.82) is 0 Å². The van der Waals surface area contributed by atoms with Gasteiger partial charge in [0, 0.05) is 37.9 Å². The number of aromatic nitrogens is 1. The predicted octanol–water partition coefficient (Wildman–Crippen LogP) is 2.38. The average Bonchev–Trinajstić information content (AvgIpc) is 2.96. The molecule has 0 aliphatic carbocycles. The van der Waals surface area contributed by atoms with E-state index >= 15 is 0 Å². The smallest absolute Gasteiger partial charge is 0.222 e. The van der Waals surface area contributed by atoms with Crippen molar-refractivity contribution in [3.8, 4) is 0 Å². The molecule has 1 saturated heterocycles. The molecular formula is C15H24ClN3O. The molecule has 1 aliphatic rings. The minimum atomic E-state index is 0. The van der Waals surface area contributed by atoms with Gasteiger partial charge in [0.25, 0.3) is 0 Å². The largest absolute Gasteiger partial charge is 0.339 e. The molecule has 1 unspecified atom stereocenters. The zero-order valence-corrected chi connectivity index (χ0v) is 12.9. The first-order chi connectivity index (χ1) is 9.29. The van der Waals surface area contributed by atoms with Crippen molar-refractivity contribution >= 4 is 18.3 Å². The van der Waals surface area contributed by atoms with Crippen LogP contribution in [0.15, 0.2) is 24.5 Å². The highest BCUT2D eigenvalue weighted by molar-refractivity contribution is 5.85. The van der Waals surface area contributed by atoms with Crippen LogP contribution in [0.25, 0.3) is 0 Å². The van der Waals surface area contributed by atoms with E-state index in [0.29, 0.717) is 19.0 Å². The Morgan fingerprint density at radius 3 is 2.80 bits per heavy atom. The number of amides is 1. The van der Waals surface area contributed by atoms with E-state index in [1.807, 2.05) is 24.0 Å². The van der Waals surface area contributed by atoms with Gasteiger partial charge in [-0.05, 0) is 50.4 Å². The van der Waals surface area contributed by atoms with Crippen LogP contribution in [0.5, 0.6) is 0 Å². The van der Waals surface area contributed by atoms with Crippen LogP contribution in [0.1, 0.15) is 38.2 Å². The van der Waals surface area contributed by atoms with Gasteiger partial charge in [0.05, 0.1) is 0 Å². The first-order valence-electron chi connectivity index (χ1n) is 7.19. The highest BCUT2D eigenvalue weighted by Crippen LogP contribution is 2.13. The first kappa shape index (κ1) is 16.9. The third-order valence-corrected chi connectivity index (χ3v) is 3.73. The fraction of sp³-hybridized carbons (Fsp3) is 0.600. The summed E-state index contributed by atoms with van der Waals surface area (Å²) in [5.41, 5.74) is 1.14. The van der Waals surface area contributed by atoms with Gasteiger partial charge in [-0.2, -0.15) is 0 Å². The zero-order valence-electron chi connectivity index (χ0n) is 12.0. The third-order valence-electron chi connectivity index (χ3n) is 3.73. The van der Waals surface area contributed by atoms with Gasteiger partial charge in [-0.15, -0.1) is 12.4 Å². The molecule has 112 valence electrons. The number of carbonyl (C=O) groups excluding carboxylic acids is 1. The lowest BCUT2D eigenvalue weighted by Crippen LogP contribution is -2.32. The van der Waals surface area contributed by atoms with E-state index in [4.69, 9.17) is 0 Å². The molecule has 0 spiro atoms. The molecule has 0 aromatic carbocycles. The van der Waals surface area contributed by atoms with Gasteiger partial charge in [0.15, 0.2) is 0 Å². The Kier molecular flexibility index (Phi) is 7.55. The number of nitrogens with one attached hydrogen (secondary N) is 1. The predicted molar refractivity (Wildman–Crippen MR) is 82.8 cm³/mol. The maximum atomic E-state index is 12.2. The quantitative estimate of drug-likeness (QED) is 0.877. The molecular weight excluding hydrogens is 274 g/mol. The van der Waals surface area contributed by atoms with Crippen molar-refractivity contribution < 1.29 is 4.79 Å². The second-order valence-corrected chi connectivity index (χ2v) is 5.10. The average molecular weight is 298 g/mol. The lowest BCUT2D eigenvalue weighted by molar-refractivity contribution is -0.131. The van der Waals surface area contributed by atoms with Crippen LogP contribution in [0.2, 0.25) is 0 Å². The van der Waals surface area contributed by atoms with Gasteiger partial charge < -0.3 is 10.2 Å². The van der Waals surface area contributed by atoms with Gasteiger partial charge in [-0.1, -0.05) is 0 Å². The fourth-order valence-corrected chi connectivity index (χ4v) is 2.54. The monoisotopic (exact) mass is 297 g/mol. The van der Waals surface area contributed by atoms with Crippen molar-refractivity contribution in [3.05, 3.63) is 30.1 Å². The fourth-order valence-electron chi connectivity index (χ4n) is 2.54. The van der Waals surface area contributed by atoms with E-state index in [1.165, 1.54) is 12.8 Å². The van der Waals surface area contributed by atoms with Gasteiger partial charge in [-0.3, -0.25) is 9.78 Å². The summed E-state index contributed by atoms with van der Waals surface area (Å²) in [5.74, 6) is 0.257. The maximum Gasteiger partial charge on any atom is 0.222 e. The second-order valence-electron chi connectivity index (χ2n) is 5.10. The van der Waals surface area contributed by atoms with Crippen LogP contribution in [0, 0.1) is 0 Å². The molecule has 1 fully saturated rings. The van der Waals surface area contributed by atoms with Crippen LogP contribution < -0.4 is 5.32 Å². The standard InChI is InChI=1S/C15H23N3O.ClH/c1-2-18(12-13-7-10-16-11-8-13)15(19)6-5-14-4-3-9-17-14;/h7-8,10-11,14,17H,2-6,9,12H2,1H3;1H. The number of carbonyl (C=O) groups is 1. The Bertz CT molecular complexity index is 393. The molecule has 2 rings (SSSR count). The third kappa shape index (κ3) is 5.10. The van der Waals surface area contributed by atoms with Crippen molar-refractivity contribution in [2.24, 2.45) is 0 Å². The van der Waals surface area contributed by atoms with E-state index < -0.39 is 0 Å². The molecule has 0 bridgehead atoms. The minimum absolute atomic E-state index is 0. The van der Waals surface area contributed by atoms with Crippen LogP contribution in [-0.4, -0.2) is 34.9 Å². The molecule has 1 atom stereocenters. The maximum absolute atomic E-state index is 12.2. The Balaban J connectivity index is 0.00000200. The summed E-state index contributed by atoms with van der Waals surface area (Å²) >= 11 is 0. The van der Waals surface area contributed by atoms with Crippen LogP contribution in [0.4, 0.5) is 0 Å². The zero-order chi connectivity index (χ0) is 13.5. The van der Waals surface area contributed by atoms with Crippen molar-refractivity contribution in [2.45, 2.75) is 45.2 Å². The number of rotatable bonds is 6. The molecule has 20 heavy (non-hydrogen) atoms. The van der Waals surface area contributed by atoms with E-state index in [1.54, 1.807) is 12.4 Å². The van der Waals surface area contributed by atoms with Crippen LogP contribution in [0.3, 0.4) is 0 Å². The molecule has 0 radical (unpaired) electrons. The number of nitrogens with zero attached hydrogens (tertiary/aromatic N) is 2. The molecule has 5 heteroatoms. The summed E-state index contributed by atoms with van der Waals surface area (Å²) in [6, 6.07) is 4.48. The first-order valence-corrected chi connectivity index (χ1v) is 7.19. The molecule has 1 amide bonds. The summed E-state index contributed by atoms with van der Waals surface area (Å²) in [6.07, 6.45) is 7.62.